The maximum atomic E-state index is 12.8. The number of hydrogen-bond acceptors (Lipinski definition) is 9. The average Bonchev–Trinajstić information content (AvgIpc) is 3.28. The second-order valence-electron chi connectivity index (χ2n) is 10.4. The standard InChI is InChI=1S/C30H43N5O8/c1-6-24(34(4)5)19-43-18-22-15-23(8-7-21(22)17-36)32-26(38)16-31-30(41)29(20(2)3)33-25(37)11-13-42-14-12-35-27(39)9-10-28(35)40/h6-10,15,20,29,36H,11-14,16-19H2,1-5H3,(H,31,41)(H,32,38)(H,33,37)/b24-6-. The second kappa shape index (κ2) is 17.8. The highest BCUT2D eigenvalue weighted by Gasteiger charge is 2.25. The van der Waals surface area contributed by atoms with Crippen molar-refractivity contribution in [3.8, 4) is 0 Å². The Hall–Kier alpha value is -4.07. The number of carbonyl (C=O) groups excluding carboxylic acids is 5. The van der Waals surface area contributed by atoms with Crippen molar-refractivity contribution in [2.75, 3.05) is 52.3 Å². The van der Waals surface area contributed by atoms with Crippen LogP contribution in [0.4, 0.5) is 5.69 Å². The van der Waals surface area contributed by atoms with Crippen molar-refractivity contribution in [1.82, 2.24) is 20.4 Å². The molecule has 1 aromatic rings. The van der Waals surface area contributed by atoms with Crippen LogP contribution >= 0.6 is 0 Å². The zero-order valence-electron chi connectivity index (χ0n) is 25.5. The molecular weight excluding hydrogens is 558 g/mol. The summed E-state index contributed by atoms with van der Waals surface area (Å²) in [7, 11) is 3.85. The van der Waals surface area contributed by atoms with E-state index in [1.807, 2.05) is 32.0 Å². The molecule has 13 nitrogen and oxygen atoms in total. The van der Waals surface area contributed by atoms with Crippen molar-refractivity contribution in [1.29, 1.82) is 0 Å². The van der Waals surface area contributed by atoms with Crippen LogP contribution in [0.1, 0.15) is 38.3 Å². The molecule has 0 radical (unpaired) electrons. The molecule has 236 valence electrons. The number of likely N-dealkylation sites (N-methyl/N-ethyl adjacent to an activating group) is 1. The number of carbonyl (C=O) groups is 5. The molecule has 0 aliphatic carbocycles. The molecule has 0 aromatic heterocycles. The van der Waals surface area contributed by atoms with Gasteiger partial charge in [0.05, 0.1) is 46.1 Å². The molecular formula is C30H43N5O8. The van der Waals surface area contributed by atoms with E-state index in [1.54, 1.807) is 32.0 Å². The van der Waals surface area contributed by atoms with E-state index < -0.39 is 35.6 Å². The van der Waals surface area contributed by atoms with Crippen molar-refractivity contribution in [2.45, 2.75) is 46.4 Å². The van der Waals surface area contributed by atoms with Gasteiger partial charge in [0.1, 0.15) is 6.04 Å². The van der Waals surface area contributed by atoms with Crippen molar-refractivity contribution >= 4 is 35.2 Å². The van der Waals surface area contributed by atoms with E-state index in [0.29, 0.717) is 17.9 Å². The summed E-state index contributed by atoms with van der Waals surface area (Å²) in [5.74, 6) is -2.45. The van der Waals surface area contributed by atoms with Crippen LogP contribution in [-0.4, -0.2) is 97.5 Å². The third kappa shape index (κ3) is 11.6. The first kappa shape index (κ1) is 35.1. The zero-order chi connectivity index (χ0) is 31.9. The van der Waals surface area contributed by atoms with Crippen LogP contribution in [0.3, 0.4) is 0 Å². The number of allylic oxidation sites excluding steroid dienone is 1. The van der Waals surface area contributed by atoms with Gasteiger partial charge in [0.2, 0.25) is 17.7 Å². The van der Waals surface area contributed by atoms with E-state index in [0.717, 1.165) is 16.2 Å². The Morgan fingerprint density at radius 1 is 1.02 bits per heavy atom. The summed E-state index contributed by atoms with van der Waals surface area (Å²) in [6.07, 6.45) is 4.30. The minimum absolute atomic E-state index is 0.0296. The molecule has 0 spiro atoms. The fourth-order valence-electron chi connectivity index (χ4n) is 4.07. The molecule has 0 fully saturated rings. The van der Waals surface area contributed by atoms with Gasteiger partial charge in [-0.25, -0.2) is 0 Å². The lowest BCUT2D eigenvalue weighted by molar-refractivity contribution is -0.138. The largest absolute Gasteiger partial charge is 0.392 e. The predicted molar refractivity (Wildman–Crippen MR) is 159 cm³/mol. The van der Waals surface area contributed by atoms with Crippen LogP contribution < -0.4 is 16.0 Å². The highest BCUT2D eigenvalue weighted by Crippen LogP contribution is 2.18. The quantitative estimate of drug-likeness (QED) is 0.140. The molecule has 5 amide bonds. The van der Waals surface area contributed by atoms with Crippen LogP contribution in [0.5, 0.6) is 0 Å². The van der Waals surface area contributed by atoms with Crippen molar-refractivity contribution in [3.63, 3.8) is 0 Å². The Bertz CT molecular complexity index is 1190. The molecule has 1 aliphatic heterocycles. The number of benzene rings is 1. The summed E-state index contributed by atoms with van der Waals surface area (Å²) in [6.45, 7) is 5.79. The SMILES string of the molecule is C/C=C(/COCc1cc(NC(=O)CNC(=O)C(NC(=O)CCOCCN2C(=O)C=CC2=O)C(C)C)ccc1CO)N(C)C. The number of rotatable bonds is 18. The maximum Gasteiger partial charge on any atom is 0.253 e. The molecule has 43 heavy (non-hydrogen) atoms. The minimum Gasteiger partial charge on any atom is -0.392 e. The maximum absolute atomic E-state index is 12.8. The van der Waals surface area contributed by atoms with Gasteiger partial charge >= 0.3 is 0 Å². The molecule has 2 rings (SSSR count). The normalized spacial score (nSPS) is 13.8. The predicted octanol–water partition coefficient (Wildman–Crippen LogP) is 0.688. The summed E-state index contributed by atoms with van der Waals surface area (Å²) in [6, 6.07) is 4.20. The van der Waals surface area contributed by atoms with Gasteiger partial charge in [0, 0.05) is 44.1 Å². The fraction of sp³-hybridized carbons (Fsp3) is 0.500. The first-order chi connectivity index (χ1) is 20.5. The number of aliphatic hydroxyl groups excluding tert-OH is 1. The minimum atomic E-state index is -0.872. The van der Waals surface area contributed by atoms with Crippen molar-refractivity contribution in [3.05, 3.63) is 53.3 Å². The van der Waals surface area contributed by atoms with E-state index in [2.05, 4.69) is 16.0 Å². The molecule has 1 aromatic carbocycles. The molecule has 1 unspecified atom stereocenters. The number of amides is 5. The van der Waals surface area contributed by atoms with Crippen molar-refractivity contribution in [2.24, 2.45) is 5.92 Å². The number of anilines is 1. The monoisotopic (exact) mass is 601 g/mol. The molecule has 0 saturated carbocycles. The summed E-state index contributed by atoms with van der Waals surface area (Å²) < 4.78 is 11.2. The van der Waals surface area contributed by atoms with E-state index in [4.69, 9.17) is 9.47 Å². The Morgan fingerprint density at radius 3 is 2.33 bits per heavy atom. The molecule has 1 atom stereocenters. The third-order valence-corrected chi connectivity index (χ3v) is 6.60. The van der Waals surface area contributed by atoms with Crippen LogP contribution in [0.25, 0.3) is 0 Å². The van der Waals surface area contributed by atoms with Crippen LogP contribution in [0.2, 0.25) is 0 Å². The van der Waals surface area contributed by atoms with Gasteiger partial charge in [-0.3, -0.25) is 28.9 Å². The summed E-state index contributed by atoms with van der Waals surface area (Å²) in [4.78, 5) is 63.8. The molecule has 1 heterocycles. The Kier molecular flexibility index (Phi) is 14.5. The Morgan fingerprint density at radius 2 is 1.72 bits per heavy atom. The van der Waals surface area contributed by atoms with Gasteiger partial charge in [-0.05, 0) is 36.1 Å². The van der Waals surface area contributed by atoms with E-state index >= 15 is 0 Å². The van der Waals surface area contributed by atoms with Crippen LogP contribution in [0.15, 0.2) is 42.1 Å². The average molecular weight is 602 g/mol. The van der Waals surface area contributed by atoms with Gasteiger partial charge < -0.3 is 35.4 Å². The highest BCUT2D eigenvalue weighted by molar-refractivity contribution is 6.12. The first-order valence-electron chi connectivity index (χ1n) is 14.1. The van der Waals surface area contributed by atoms with Gasteiger partial charge in [-0.2, -0.15) is 0 Å². The van der Waals surface area contributed by atoms with Crippen molar-refractivity contribution < 1.29 is 38.6 Å². The molecule has 13 heteroatoms. The van der Waals surface area contributed by atoms with Gasteiger partial charge in [0.15, 0.2) is 0 Å². The first-order valence-corrected chi connectivity index (χ1v) is 14.1. The van der Waals surface area contributed by atoms with E-state index in [1.165, 1.54) is 12.2 Å². The topological polar surface area (TPSA) is 167 Å². The lowest BCUT2D eigenvalue weighted by Crippen LogP contribution is -2.51. The summed E-state index contributed by atoms with van der Waals surface area (Å²) >= 11 is 0. The summed E-state index contributed by atoms with van der Waals surface area (Å²) in [5, 5.41) is 17.6. The number of nitrogens with one attached hydrogen (secondary N) is 3. The third-order valence-electron chi connectivity index (χ3n) is 6.60. The molecule has 0 bridgehead atoms. The van der Waals surface area contributed by atoms with Gasteiger partial charge in [-0.15, -0.1) is 0 Å². The lowest BCUT2D eigenvalue weighted by atomic mass is 10.0. The number of nitrogens with zero attached hydrogens (tertiary/aromatic N) is 2. The van der Waals surface area contributed by atoms with E-state index in [-0.39, 0.29) is 51.9 Å². The molecule has 0 saturated heterocycles. The number of imide groups is 1. The second-order valence-corrected chi connectivity index (χ2v) is 10.4. The Balaban J connectivity index is 1.80. The van der Waals surface area contributed by atoms with Gasteiger partial charge in [0.25, 0.3) is 11.8 Å². The van der Waals surface area contributed by atoms with Crippen LogP contribution in [0, 0.1) is 5.92 Å². The zero-order valence-corrected chi connectivity index (χ0v) is 25.5. The lowest BCUT2D eigenvalue weighted by Gasteiger charge is -2.22. The van der Waals surface area contributed by atoms with Gasteiger partial charge in [-0.1, -0.05) is 26.0 Å². The van der Waals surface area contributed by atoms with Crippen LogP contribution in [-0.2, 0) is 46.7 Å². The van der Waals surface area contributed by atoms with E-state index in [9.17, 15) is 29.1 Å². The molecule has 4 N–H and O–H groups in total. The number of aliphatic hydroxyl groups is 1. The summed E-state index contributed by atoms with van der Waals surface area (Å²) in [5.41, 5.74) is 2.88. The highest BCUT2D eigenvalue weighted by atomic mass is 16.5. The smallest absolute Gasteiger partial charge is 0.253 e. The number of ether oxygens (including phenoxy) is 2. The number of hydrogen-bond donors (Lipinski definition) is 4. The molecule has 1 aliphatic rings. The Labute approximate surface area is 252 Å². The fourth-order valence-corrected chi connectivity index (χ4v) is 4.07.